The molecule has 22 heavy (non-hydrogen) atoms. The van der Waals surface area contributed by atoms with E-state index >= 15 is 0 Å². The van der Waals surface area contributed by atoms with Crippen molar-refractivity contribution in [3.05, 3.63) is 34.0 Å². The molecule has 1 aromatic carbocycles. The Bertz CT molecular complexity index is 1120. The van der Waals surface area contributed by atoms with Gasteiger partial charge in [-0.15, -0.1) is 45.3 Å². The van der Waals surface area contributed by atoms with Gasteiger partial charge >= 0.3 is 0 Å². The fraction of sp³-hybridized carbons (Fsp3) is 0. The second-order valence-electron chi connectivity index (χ2n) is 4.97. The van der Waals surface area contributed by atoms with Gasteiger partial charge in [0.25, 0.3) is 0 Å². The van der Waals surface area contributed by atoms with Gasteiger partial charge in [-0.05, 0) is 24.3 Å². The van der Waals surface area contributed by atoms with Crippen molar-refractivity contribution in [1.29, 1.82) is 0 Å². The van der Waals surface area contributed by atoms with Crippen LogP contribution in [0.15, 0.2) is 24.3 Å². The number of fused-ring (bicyclic) bond motifs is 6. The van der Waals surface area contributed by atoms with E-state index in [-0.39, 0.29) is 0 Å². The van der Waals surface area contributed by atoms with Crippen molar-refractivity contribution in [3.8, 4) is 0 Å². The molecule has 0 saturated carbocycles. The molecule has 4 heterocycles. The summed E-state index contributed by atoms with van der Waals surface area (Å²) >= 11 is 6.58. The average Bonchev–Trinajstić information content (AvgIpc) is 3.22. The SMILES string of the molecule is O=Cc1cc2sc3cc4c(cc3c2s1)sc1cc(C=O)sc14. The van der Waals surface area contributed by atoms with E-state index in [1.807, 2.05) is 12.1 Å². The molecule has 0 bridgehead atoms. The molecule has 0 atom stereocenters. The number of carbonyl (C=O) groups excluding carboxylic acids is 2. The van der Waals surface area contributed by atoms with Crippen LogP contribution in [-0.2, 0) is 0 Å². The number of carbonyl (C=O) groups is 2. The Balaban J connectivity index is 1.91. The molecule has 2 nitrogen and oxygen atoms in total. The maximum Gasteiger partial charge on any atom is 0.160 e. The van der Waals surface area contributed by atoms with Gasteiger partial charge in [0.2, 0.25) is 0 Å². The molecular weight excluding hydrogens is 352 g/mol. The number of benzene rings is 1. The molecule has 0 saturated heterocycles. The van der Waals surface area contributed by atoms with Crippen LogP contribution in [0, 0.1) is 0 Å². The van der Waals surface area contributed by atoms with Gasteiger partial charge in [-0.2, -0.15) is 0 Å². The van der Waals surface area contributed by atoms with Crippen LogP contribution < -0.4 is 0 Å². The molecule has 0 fully saturated rings. The minimum absolute atomic E-state index is 0.783. The van der Waals surface area contributed by atoms with E-state index in [2.05, 4.69) is 12.1 Å². The Labute approximate surface area is 140 Å². The standard InChI is InChI=1S/C16H6O2S4/c17-5-7-1-13-15(19-7)9-3-12-10(4-11(9)21-13)16-14(22-12)2-8(6-18)20-16/h1-6H. The second kappa shape index (κ2) is 4.45. The second-order valence-corrected chi connectivity index (χ2v) is 9.30. The summed E-state index contributed by atoms with van der Waals surface area (Å²) in [6.45, 7) is 0. The van der Waals surface area contributed by atoms with E-state index < -0.39 is 0 Å². The molecule has 0 unspecified atom stereocenters. The average molecular weight is 358 g/mol. The van der Waals surface area contributed by atoms with Crippen LogP contribution in [0.2, 0.25) is 0 Å². The third-order valence-electron chi connectivity index (χ3n) is 3.68. The third kappa shape index (κ3) is 1.63. The monoisotopic (exact) mass is 358 g/mol. The van der Waals surface area contributed by atoms with Gasteiger partial charge in [0, 0.05) is 29.6 Å². The summed E-state index contributed by atoms with van der Waals surface area (Å²) in [5, 5.41) is 2.46. The van der Waals surface area contributed by atoms with Crippen molar-refractivity contribution in [2.75, 3.05) is 0 Å². The number of aldehydes is 2. The molecule has 0 amide bonds. The van der Waals surface area contributed by atoms with Crippen molar-refractivity contribution < 1.29 is 9.59 Å². The molecule has 5 rings (SSSR count). The molecule has 0 aliphatic rings. The summed E-state index contributed by atoms with van der Waals surface area (Å²) in [4.78, 5) is 23.5. The molecule has 106 valence electrons. The molecular formula is C16H6O2S4. The Morgan fingerprint density at radius 3 is 1.45 bits per heavy atom. The highest BCUT2D eigenvalue weighted by atomic mass is 32.1. The van der Waals surface area contributed by atoms with E-state index in [1.54, 1.807) is 45.3 Å². The fourth-order valence-electron chi connectivity index (χ4n) is 2.75. The highest BCUT2D eigenvalue weighted by Crippen LogP contribution is 2.45. The zero-order valence-electron chi connectivity index (χ0n) is 10.9. The van der Waals surface area contributed by atoms with Gasteiger partial charge in [0.05, 0.1) is 19.2 Å². The summed E-state index contributed by atoms with van der Waals surface area (Å²) in [5.41, 5.74) is 0. The molecule has 5 aromatic rings. The van der Waals surface area contributed by atoms with Crippen LogP contribution in [0.5, 0.6) is 0 Å². The Morgan fingerprint density at radius 2 is 1.05 bits per heavy atom. The lowest BCUT2D eigenvalue weighted by molar-refractivity contribution is 0.111. The first-order chi connectivity index (χ1) is 10.8. The van der Waals surface area contributed by atoms with Gasteiger partial charge < -0.3 is 0 Å². The van der Waals surface area contributed by atoms with Crippen molar-refractivity contribution in [2.24, 2.45) is 0 Å². The summed E-state index contributed by atoms with van der Waals surface area (Å²) in [5.74, 6) is 0. The first kappa shape index (κ1) is 12.9. The lowest BCUT2D eigenvalue weighted by atomic mass is 10.2. The van der Waals surface area contributed by atoms with Crippen molar-refractivity contribution >= 4 is 96.9 Å². The van der Waals surface area contributed by atoms with Crippen LogP contribution in [0.4, 0.5) is 0 Å². The predicted molar refractivity (Wildman–Crippen MR) is 98.7 cm³/mol. The van der Waals surface area contributed by atoms with E-state index in [0.29, 0.717) is 0 Å². The van der Waals surface area contributed by atoms with Crippen LogP contribution in [0.1, 0.15) is 19.3 Å². The minimum atomic E-state index is 0.783. The van der Waals surface area contributed by atoms with E-state index in [9.17, 15) is 9.59 Å². The van der Waals surface area contributed by atoms with E-state index in [1.165, 1.54) is 39.0 Å². The maximum absolute atomic E-state index is 11.0. The number of thiophene rings is 4. The van der Waals surface area contributed by atoms with E-state index in [4.69, 9.17) is 0 Å². The highest BCUT2D eigenvalue weighted by molar-refractivity contribution is 7.35. The summed E-state index contributed by atoms with van der Waals surface area (Å²) in [6, 6.07) is 8.40. The first-order valence-corrected chi connectivity index (χ1v) is 9.76. The predicted octanol–water partition coefficient (Wildman–Crippen LogP) is 6.17. The zero-order chi connectivity index (χ0) is 14.8. The van der Waals surface area contributed by atoms with Crippen LogP contribution >= 0.6 is 45.3 Å². The van der Waals surface area contributed by atoms with Crippen molar-refractivity contribution in [3.63, 3.8) is 0 Å². The lowest BCUT2D eigenvalue weighted by Gasteiger charge is -1.92. The van der Waals surface area contributed by atoms with Crippen LogP contribution in [-0.4, -0.2) is 12.6 Å². The molecule has 4 aromatic heterocycles. The third-order valence-corrected chi connectivity index (χ3v) is 8.32. The van der Waals surface area contributed by atoms with Gasteiger partial charge in [-0.3, -0.25) is 9.59 Å². The molecule has 0 radical (unpaired) electrons. The van der Waals surface area contributed by atoms with Gasteiger partial charge in [-0.25, -0.2) is 0 Å². The molecule has 6 heteroatoms. The maximum atomic E-state index is 11.0. The minimum Gasteiger partial charge on any atom is -0.297 e. The highest BCUT2D eigenvalue weighted by Gasteiger charge is 2.14. The summed E-state index contributed by atoms with van der Waals surface area (Å²) in [7, 11) is 0. The quantitative estimate of drug-likeness (QED) is 0.354. The molecule has 0 aliphatic carbocycles. The Morgan fingerprint density at radius 1 is 0.591 bits per heavy atom. The summed E-state index contributed by atoms with van der Waals surface area (Å²) < 4.78 is 7.24. The molecule has 0 aliphatic heterocycles. The number of hydrogen-bond acceptors (Lipinski definition) is 6. The van der Waals surface area contributed by atoms with Crippen LogP contribution in [0.25, 0.3) is 39.0 Å². The summed E-state index contributed by atoms with van der Waals surface area (Å²) in [6.07, 6.45) is 1.84. The lowest BCUT2D eigenvalue weighted by Crippen LogP contribution is -1.66. The van der Waals surface area contributed by atoms with Gasteiger partial charge in [0.15, 0.2) is 12.6 Å². The van der Waals surface area contributed by atoms with Crippen molar-refractivity contribution in [1.82, 2.24) is 0 Å². The van der Waals surface area contributed by atoms with Gasteiger partial charge in [0.1, 0.15) is 0 Å². The van der Waals surface area contributed by atoms with Crippen LogP contribution in [0.3, 0.4) is 0 Å². The smallest absolute Gasteiger partial charge is 0.160 e. The first-order valence-electron chi connectivity index (χ1n) is 6.49. The molecule has 0 spiro atoms. The van der Waals surface area contributed by atoms with Gasteiger partial charge in [-0.1, -0.05) is 0 Å². The molecule has 0 N–H and O–H groups in total. The number of hydrogen-bond donors (Lipinski definition) is 0. The fourth-order valence-corrected chi connectivity index (χ4v) is 7.47. The topological polar surface area (TPSA) is 34.1 Å². The van der Waals surface area contributed by atoms with E-state index in [0.717, 1.165) is 22.3 Å². The normalized spacial score (nSPS) is 12.0. The Hall–Kier alpha value is -1.60. The largest absolute Gasteiger partial charge is 0.297 e. The van der Waals surface area contributed by atoms with Crippen molar-refractivity contribution in [2.45, 2.75) is 0 Å². The Kier molecular flexibility index (Phi) is 2.61. The zero-order valence-corrected chi connectivity index (χ0v) is 14.2. The number of rotatable bonds is 2.